The highest BCUT2D eigenvalue weighted by molar-refractivity contribution is 7.89. The molecule has 1 fully saturated rings. The van der Waals surface area contributed by atoms with Crippen molar-refractivity contribution in [1.29, 1.82) is 0 Å². The molecule has 128 valence electrons. The minimum absolute atomic E-state index is 0.140. The van der Waals surface area contributed by atoms with E-state index in [-0.39, 0.29) is 11.8 Å². The molecule has 2 heterocycles. The number of sulfonamides is 1. The van der Waals surface area contributed by atoms with Gasteiger partial charge in [-0.15, -0.1) is 0 Å². The Morgan fingerprint density at radius 2 is 2.04 bits per heavy atom. The van der Waals surface area contributed by atoms with Gasteiger partial charge in [-0.3, -0.25) is 0 Å². The van der Waals surface area contributed by atoms with E-state index in [1.807, 2.05) is 18.2 Å². The molecule has 0 N–H and O–H groups in total. The number of furan rings is 1. The Balaban J connectivity index is 1.45. The van der Waals surface area contributed by atoms with Crippen molar-refractivity contribution in [3.63, 3.8) is 0 Å². The maximum Gasteiger partial charge on any atom is 0.214 e. The number of fused-ring (bicyclic) bond motifs is 1. The summed E-state index contributed by atoms with van der Waals surface area (Å²) in [5, 5.41) is 0. The first kappa shape index (κ1) is 15.7. The first-order chi connectivity index (χ1) is 11.6. The summed E-state index contributed by atoms with van der Waals surface area (Å²) in [5.41, 5.74) is 3.14. The van der Waals surface area contributed by atoms with E-state index >= 15 is 0 Å². The SMILES string of the molecule is O=S(=O)(CCc1ccc2c(c1)CCO2)N(Cc1ccoc1)C1CC1. The van der Waals surface area contributed by atoms with Gasteiger partial charge < -0.3 is 9.15 Å². The fourth-order valence-electron chi connectivity index (χ4n) is 3.14. The van der Waals surface area contributed by atoms with Crippen LogP contribution in [0.4, 0.5) is 0 Å². The van der Waals surface area contributed by atoms with Crippen LogP contribution in [-0.2, 0) is 29.4 Å². The Labute approximate surface area is 142 Å². The molecule has 0 amide bonds. The molecule has 2 aromatic rings. The minimum atomic E-state index is -3.29. The highest BCUT2D eigenvalue weighted by Crippen LogP contribution is 2.32. The summed E-state index contributed by atoms with van der Waals surface area (Å²) in [6.45, 7) is 1.12. The van der Waals surface area contributed by atoms with Crippen LogP contribution >= 0.6 is 0 Å². The summed E-state index contributed by atoms with van der Waals surface area (Å²) in [6, 6.07) is 7.98. The minimum Gasteiger partial charge on any atom is -0.493 e. The summed E-state index contributed by atoms with van der Waals surface area (Å²) < 4.78 is 37.8. The summed E-state index contributed by atoms with van der Waals surface area (Å²) in [6.07, 6.45) is 6.54. The third-order valence-electron chi connectivity index (χ3n) is 4.63. The molecule has 4 rings (SSSR count). The van der Waals surface area contributed by atoms with E-state index in [1.54, 1.807) is 16.8 Å². The van der Waals surface area contributed by atoms with Crippen LogP contribution in [0, 0.1) is 0 Å². The van der Waals surface area contributed by atoms with Crippen molar-refractivity contribution in [1.82, 2.24) is 4.31 Å². The normalized spacial score (nSPS) is 17.0. The summed E-state index contributed by atoms with van der Waals surface area (Å²) in [4.78, 5) is 0. The van der Waals surface area contributed by atoms with Crippen LogP contribution in [0.2, 0.25) is 0 Å². The molecule has 1 aliphatic carbocycles. The van der Waals surface area contributed by atoms with E-state index in [1.165, 1.54) is 5.56 Å². The van der Waals surface area contributed by atoms with Gasteiger partial charge in [0.1, 0.15) is 5.75 Å². The van der Waals surface area contributed by atoms with Crippen LogP contribution in [0.25, 0.3) is 0 Å². The highest BCUT2D eigenvalue weighted by Gasteiger charge is 2.37. The molecule has 0 radical (unpaired) electrons. The molecule has 0 atom stereocenters. The number of hydrogen-bond acceptors (Lipinski definition) is 4. The fraction of sp³-hybridized carbons (Fsp3) is 0.444. The van der Waals surface area contributed by atoms with Crippen molar-refractivity contribution in [3.05, 3.63) is 53.5 Å². The van der Waals surface area contributed by atoms with Crippen LogP contribution < -0.4 is 4.74 Å². The lowest BCUT2D eigenvalue weighted by atomic mass is 10.1. The second-order valence-electron chi connectivity index (χ2n) is 6.51. The second kappa shape index (κ2) is 6.26. The van der Waals surface area contributed by atoms with Gasteiger partial charge in [0.15, 0.2) is 0 Å². The van der Waals surface area contributed by atoms with Gasteiger partial charge >= 0.3 is 0 Å². The van der Waals surface area contributed by atoms with Crippen LogP contribution in [0.1, 0.15) is 29.5 Å². The predicted molar refractivity (Wildman–Crippen MR) is 90.4 cm³/mol. The largest absolute Gasteiger partial charge is 0.493 e. The van der Waals surface area contributed by atoms with Gasteiger partial charge in [0.05, 0.1) is 24.9 Å². The van der Waals surface area contributed by atoms with Crippen LogP contribution in [0.5, 0.6) is 5.75 Å². The molecule has 1 aliphatic heterocycles. The number of ether oxygens (including phenoxy) is 1. The van der Waals surface area contributed by atoms with Crippen molar-refractivity contribution >= 4 is 10.0 Å². The van der Waals surface area contributed by atoms with Crippen LogP contribution in [-0.4, -0.2) is 31.1 Å². The summed E-state index contributed by atoms with van der Waals surface area (Å²) in [5.74, 6) is 1.07. The van der Waals surface area contributed by atoms with Gasteiger partial charge in [-0.25, -0.2) is 8.42 Å². The number of hydrogen-bond donors (Lipinski definition) is 0. The molecule has 1 aromatic carbocycles. The Bertz CT molecular complexity index is 810. The lowest BCUT2D eigenvalue weighted by Crippen LogP contribution is -2.35. The maximum atomic E-state index is 12.8. The monoisotopic (exact) mass is 347 g/mol. The van der Waals surface area contributed by atoms with Crippen molar-refractivity contribution in [2.24, 2.45) is 0 Å². The van der Waals surface area contributed by atoms with Crippen molar-refractivity contribution in [2.45, 2.75) is 38.3 Å². The molecule has 1 aromatic heterocycles. The van der Waals surface area contributed by atoms with Crippen LogP contribution in [0.3, 0.4) is 0 Å². The number of nitrogens with zero attached hydrogens (tertiary/aromatic N) is 1. The topological polar surface area (TPSA) is 59.8 Å². The van der Waals surface area contributed by atoms with E-state index in [4.69, 9.17) is 9.15 Å². The van der Waals surface area contributed by atoms with E-state index in [9.17, 15) is 8.42 Å². The molecule has 24 heavy (non-hydrogen) atoms. The maximum absolute atomic E-state index is 12.8. The van der Waals surface area contributed by atoms with Crippen LogP contribution in [0.15, 0.2) is 41.2 Å². The van der Waals surface area contributed by atoms with Crippen molar-refractivity contribution < 1.29 is 17.6 Å². The van der Waals surface area contributed by atoms with E-state index < -0.39 is 10.0 Å². The fourth-order valence-corrected chi connectivity index (χ4v) is 4.88. The van der Waals surface area contributed by atoms with E-state index in [0.29, 0.717) is 13.0 Å². The van der Waals surface area contributed by atoms with Gasteiger partial charge in [-0.1, -0.05) is 12.1 Å². The Hall–Kier alpha value is -1.79. The molecule has 6 heteroatoms. The predicted octanol–water partition coefficient (Wildman–Crippen LogP) is 2.75. The van der Waals surface area contributed by atoms with Gasteiger partial charge in [0.2, 0.25) is 10.0 Å². The smallest absolute Gasteiger partial charge is 0.214 e. The molecule has 1 saturated carbocycles. The molecular weight excluding hydrogens is 326 g/mol. The number of rotatable bonds is 7. The number of aryl methyl sites for hydroxylation is 1. The van der Waals surface area contributed by atoms with E-state index in [0.717, 1.165) is 42.7 Å². The Kier molecular flexibility index (Phi) is 4.10. The molecule has 0 bridgehead atoms. The first-order valence-electron chi connectivity index (χ1n) is 8.37. The van der Waals surface area contributed by atoms with Gasteiger partial charge in [0.25, 0.3) is 0 Å². The van der Waals surface area contributed by atoms with Gasteiger partial charge in [-0.2, -0.15) is 4.31 Å². The summed E-state index contributed by atoms with van der Waals surface area (Å²) in [7, 11) is -3.29. The lowest BCUT2D eigenvalue weighted by molar-refractivity contribution is 0.357. The average molecular weight is 347 g/mol. The van der Waals surface area contributed by atoms with Crippen molar-refractivity contribution in [3.8, 4) is 5.75 Å². The molecule has 2 aliphatic rings. The van der Waals surface area contributed by atoms with Crippen molar-refractivity contribution in [2.75, 3.05) is 12.4 Å². The quantitative estimate of drug-likeness (QED) is 0.773. The Morgan fingerprint density at radius 1 is 1.17 bits per heavy atom. The zero-order valence-corrected chi connectivity index (χ0v) is 14.3. The van der Waals surface area contributed by atoms with Gasteiger partial charge in [0, 0.05) is 24.6 Å². The lowest BCUT2D eigenvalue weighted by Gasteiger charge is -2.21. The third kappa shape index (κ3) is 3.35. The molecule has 0 spiro atoms. The third-order valence-corrected chi connectivity index (χ3v) is 6.49. The highest BCUT2D eigenvalue weighted by atomic mass is 32.2. The molecule has 0 unspecified atom stereocenters. The first-order valence-corrected chi connectivity index (χ1v) is 9.98. The number of benzene rings is 1. The second-order valence-corrected chi connectivity index (χ2v) is 8.56. The van der Waals surface area contributed by atoms with Gasteiger partial charge in [-0.05, 0) is 42.5 Å². The zero-order chi connectivity index (χ0) is 16.6. The zero-order valence-electron chi connectivity index (χ0n) is 13.5. The molecule has 0 saturated heterocycles. The Morgan fingerprint density at radius 3 is 2.79 bits per heavy atom. The average Bonchev–Trinajstić information content (AvgIpc) is 3.08. The molecule has 5 nitrogen and oxygen atoms in total. The molecular formula is C18H21NO4S. The summed E-state index contributed by atoms with van der Waals surface area (Å²) >= 11 is 0. The standard InChI is InChI=1S/C18H21NO4S/c20-24(21,19(17-2-3-17)12-15-5-8-22-13-15)10-7-14-1-4-18-16(11-14)6-9-23-18/h1,4-5,8,11,13,17H,2-3,6-7,9-10,12H2. The van der Waals surface area contributed by atoms with E-state index in [2.05, 4.69) is 6.07 Å².